The lowest BCUT2D eigenvalue weighted by Crippen LogP contribution is -2.26. The molecule has 0 unspecified atom stereocenters. The minimum Gasteiger partial charge on any atom is -0.489 e. The van der Waals surface area contributed by atoms with Crippen molar-refractivity contribution in [1.82, 2.24) is 4.90 Å². The van der Waals surface area contributed by atoms with E-state index in [2.05, 4.69) is 36.6 Å². The normalized spacial score (nSPS) is 14.6. The minimum absolute atomic E-state index is 0.577. The lowest BCUT2D eigenvalue weighted by Gasteiger charge is -2.23. The highest BCUT2D eigenvalue weighted by Crippen LogP contribution is 2.31. The van der Waals surface area contributed by atoms with Gasteiger partial charge in [0.05, 0.1) is 0 Å². The Morgan fingerprint density at radius 1 is 1.37 bits per heavy atom. The maximum atomic E-state index is 5.74. The molecule has 0 radical (unpaired) electrons. The van der Waals surface area contributed by atoms with Gasteiger partial charge in [0.1, 0.15) is 12.4 Å². The molecule has 1 aromatic rings. The molecule has 1 aliphatic rings. The second-order valence-electron chi connectivity index (χ2n) is 5.39. The molecular formula is C17H25NO. The van der Waals surface area contributed by atoms with E-state index in [4.69, 9.17) is 4.74 Å². The van der Waals surface area contributed by atoms with Crippen LogP contribution in [-0.2, 0) is 6.54 Å². The van der Waals surface area contributed by atoms with Crippen LogP contribution in [0.1, 0.15) is 31.7 Å². The average molecular weight is 259 g/mol. The van der Waals surface area contributed by atoms with Crippen LogP contribution in [0.2, 0.25) is 0 Å². The van der Waals surface area contributed by atoms with Gasteiger partial charge in [-0.15, -0.1) is 0 Å². The van der Waals surface area contributed by atoms with E-state index in [9.17, 15) is 0 Å². The summed E-state index contributed by atoms with van der Waals surface area (Å²) < 4.78 is 5.74. The monoisotopic (exact) mass is 259 g/mol. The molecule has 0 amide bonds. The Balaban J connectivity index is 1.99. The van der Waals surface area contributed by atoms with Crippen LogP contribution in [0, 0.1) is 5.92 Å². The van der Waals surface area contributed by atoms with Crippen molar-refractivity contribution in [2.24, 2.45) is 5.92 Å². The summed E-state index contributed by atoms with van der Waals surface area (Å²) in [7, 11) is 0. The molecule has 1 fully saturated rings. The molecule has 0 saturated heterocycles. The molecule has 1 saturated carbocycles. The summed E-state index contributed by atoms with van der Waals surface area (Å²) >= 11 is 0. The molecule has 0 aromatic heterocycles. The minimum atomic E-state index is 0.577. The fourth-order valence-corrected chi connectivity index (χ4v) is 2.38. The Hall–Kier alpha value is -1.28. The lowest BCUT2D eigenvalue weighted by molar-refractivity contribution is 0.249. The summed E-state index contributed by atoms with van der Waals surface area (Å²) in [4.78, 5) is 2.56. The molecule has 2 rings (SSSR count). The van der Waals surface area contributed by atoms with E-state index in [1.54, 1.807) is 6.08 Å². The Bertz CT molecular complexity index is 398. The van der Waals surface area contributed by atoms with Gasteiger partial charge in [0.15, 0.2) is 0 Å². The van der Waals surface area contributed by atoms with Gasteiger partial charge in [-0.1, -0.05) is 37.8 Å². The first-order valence-electron chi connectivity index (χ1n) is 7.37. The van der Waals surface area contributed by atoms with Crippen molar-refractivity contribution < 1.29 is 4.74 Å². The van der Waals surface area contributed by atoms with Crippen LogP contribution in [0.4, 0.5) is 0 Å². The maximum absolute atomic E-state index is 5.74. The van der Waals surface area contributed by atoms with Crippen LogP contribution in [0.3, 0.4) is 0 Å². The van der Waals surface area contributed by atoms with Crippen molar-refractivity contribution in [2.45, 2.75) is 32.7 Å². The second-order valence-corrected chi connectivity index (χ2v) is 5.39. The van der Waals surface area contributed by atoms with E-state index in [0.29, 0.717) is 6.61 Å². The Labute approximate surface area is 117 Å². The number of rotatable bonds is 9. The summed E-state index contributed by atoms with van der Waals surface area (Å²) in [6.07, 6.45) is 5.83. The molecule has 104 valence electrons. The summed E-state index contributed by atoms with van der Waals surface area (Å²) in [6.45, 7) is 9.95. The van der Waals surface area contributed by atoms with Gasteiger partial charge in [0.25, 0.3) is 0 Å². The Morgan fingerprint density at radius 3 is 2.84 bits per heavy atom. The summed E-state index contributed by atoms with van der Waals surface area (Å²) in [5.41, 5.74) is 1.29. The molecule has 2 nitrogen and oxygen atoms in total. The van der Waals surface area contributed by atoms with E-state index >= 15 is 0 Å². The zero-order valence-electron chi connectivity index (χ0n) is 12.0. The SMILES string of the molecule is C=CCOc1ccccc1CN(CCC)CC1CC1. The highest BCUT2D eigenvalue weighted by molar-refractivity contribution is 5.33. The molecule has 0 atom stereocenters. The first-order valence-corrected chi connectivity index (χ1v) is 7.37. The summed E-state index contributed by atoms with van der Waals surface area (Å²) in [6, 6.07) is 8.36. The number of para-hydroxylation sites is 1. The second kappa shape index (κ2) is 7.34. The van der Waals surface area contributed by atoms with Crippen molar-refractivity contribution >= 4 is 0 Å². The largest absolute Gasteiger partial charge is 0.489 e. The number of nitrogens with zero attached hydrogens (tertiary/aromatic N) is 1. The third-order valence-electron chi connectivity index (χ3n) is 3.48. The van der Waals surface area contributed by atoms with E-state index in [1.807, 2.05) is 6.07 Å². The van der Waals surface area contributed by atoms with Crippen LogP contribution in [-0.4, -0.2) is 24.6 Å². The van der Waals surface area contributed by atoms with Gasteiger partial charge in [-0.3, -0.25) is 4.90 Å². The Morgan fingerprint density at radius 2 is 2.16 bits per heavy atom. The molecule has 0 spiro atoms. The van der Waals surface area contributed by atoms with Crippen LogP contribution in [0.25, 0.3) is 0 Å². The predicted molar refractivity (Wildman–Crippen MR) is 80.4 cm³/mol. The van der Waals surface area contributed by atoms with Gasteiger partial charge < -0.3 is 4.74 Å². The summed E-state index contributed by atoms with van der Waals surface area (Å²) in [5, 5.41) is 0. The number of benzene rings is 1. The molecule has 1 aromatic carbocycles. The Kier molecular flexibility index (Phi) is 5.46. The van der Waals surface area contributed by atoms with Gasteiger partial charge >= 0.3 is 0 Å². The molecule has 19 heavy (non-hydrogen) atoms. The molecule has 0 heterocycles. The third-order valence-corrected chi connectivity index (χ3v) is 3.48. The van der Waals surface area contributed by atoms with Crippen LogP contribution >= 0.6 is 0 Å². The fourth-order valence-electron chi connectivity index (χ4n) is 2.38. The zero-order valence-corrected chi connectivity index (χ0v) is 12.0. The number of ether oxygens (including phenoxy) is 1. The number of hydrogen-bond acceptors (Lipinski definition) is 2. The lowest BCUT2D eigenvalue weighted by atomic mass is 10.1. The van der Waals surface area contributed by atoms with E-state index in [-0.39, 0.29) is 0 Å². The third kappa shape index (κ3) is 4.71. The van der Waals surface area contributed by atoms with Crippen LogP contribution in [0.5, 0.6) is 5.75 Å². The van der Waals surface area contributed by atoms with Crippen LogP contribution < -0.4 is 4.74 Å². The molecule has 0 bridgehead atoms. The highest BCUT2D eigenvalue weighted by Gasteiger charge is 2.24. The zero-order chi connectivity index (χ0) is 13.5. The van der Waals surface area contributed by atoms with Gasteiger partial charge in [-0.2, -0.15) is 0 Å². The smallest absolute Gasteiger partial charge is 0.124 e. The van der Waals surface area contributed by atoms with Gasteiger partial charge in [0.2, 0.25) is 0 Å². The van der Waals surface area contributed by atoms with Gasteiger partial charge in [-0.05, 0) is 37.8 Å². The molecule has 0 N–H and O–H groups in total. The van der Waals surface area contributed by atoms with Crippen molar-refractivity contribution in [3.05, 3.63) is 42.5 Å². The maximum Gasteiger partial charge on any atom is 0.124 e. The molecule has 1 aliphatic carbocycles. The van der Waals surface area contributed by atoms with Crippen LogP contribution in [0.15, 0.2) is 36.9 Å². The van der Waals surface area contributed by atoms with Crippen molar-refractivity contribution in [1.29, 1.82) is 0 Å². The highest BCUT2D eigenvalue weighted by atomic mass is 16.5. The summed E-state index contributed by atoms with van der Waals surface area (Å²) in [5.74, 6) is 1.94. The predicted octanol–water partition coefficient (Wildman–Crippen LogP) is 3.87. The van der Waals surface area contributed by atoms with Gasteiger partial charge in [-0.25, -0.2) is 0 Å². The standard InChI is InChI=1S/C17H25NO/c1-3-11-18(13-15-9-10-15)14-16-7-5-6-8-17(16)19-12-4-2/h4-8,15H,2-3,9-14H2,1H3. The quantitative estimate of drug-likeness (QED) is 0.624. The topological polar surface area (TPSA) is 12.5 Å². The van der Waals surface area contributed by atoms with Crippen molar-refractivity contribution in [3.63, 3.8) is 0 Å². The van der Waals surface area contributed by atoms with E-state index < -0.39 is 0 Å². The average Bonchev–Trinajstić information content (AvgIpc) is 3.22. The van der Waals surface area contributed by atoms with E-state index in [1.165, 1.54) is 37.9 Å². The fraction of sp³-hybridized carbons (Fsp3) is 0.529. The van der Waals surface area contributed by atoms with Crippen molar-refractivity contribution in [2.75, 3.05) is 19.7 Å². The number of hydrogen-bond donors (Lipinski definition) is 0. The van der Waals surface area contributed by atoms with Crippen molar-refractivity contribution in [3.8, 4) is 5.75 Å². The first kappa shape index (κ1) is 14.1. The van der Waals surface area contributed by atoms with Gasteiger partial charge in [0, 0.05) is 18.7 Å². The first-order chi connectivity index (χ1) is 9.33. The molecular weight excluding hydrogens is 234 g/mol. The molecule has 0 aliphatic heterocycles. The van der Waals surface area contributed by atoms with E-state index in [0.717, 1.165) is 18.2 Å². The molecule has 2 heteroatoms.